The molecule has 0 spiro atoms. The maximum Gasteiger partial charge on any atom is 0.277 e. The number of benzene rings is 1. The molecule has 0 unspecified atom stereocenters. The summed E-state index contributed by atoms with van der Waals surface area (Å²) >= 11 is 1.33. The number of aryl methyl sites for hydroxylation is 2. The van der Waals surface area contributed by atoms with E-state index in [0.717, 1.165) is 40.5 Å². The van der Waals surface area contributed by atoms with Crippen LogP contribution in [0.25, 0.3) is 0 Å². The number of amides is 1. The minimum atomic E-state index is -0.0479. The van der Waals surface area contributed by atoms with Crippen molar-refractivity contribution in [1.82, 2.24) is 10.2 Å². The molecule has 28 heavy (non-hydrogen) atoms. The molecule has 5 nitrogen and oxygen atoms in total. The number of hydrogen-bond acceptors (Lipinski definition) is 5. The molecule has 4 aliphatic rings. The molecule has 1 aromatic heterocycles. The minimum absolute atomic E-state index is 0.0479. The Balaban J connectivity index is 1.23. The molecule has 6 heteroatoms. The molecule has 0 saturated heterocycles. The molecule has 2 aromatic rings. The van der Waals surface area contributed by atoms with Crippen LogP contribution in [-0.4, -0.2) is 21.9 Å². The van der Waals surface area contributed by atoms with Crippen molar-refractivity contribution >= 4 is 23.4 Å². The molecule has 1 aromatic carbocycles. The van der Waals surface area contributed by atoms with E-state index >= 15 is 0 Å². The maximum atomic E-state index is 12.4. The van der Waals surface area contributed by atoms with E-state index in [4.69, 9.17) is 4.42 Å². The molecule has 4 saturated carbocycles. The molecule has 1 heterocycles. The number of thioether (sulfide) groups is 1. The Morgan fingerprint density at radius 1 is 1.14 bits per heavy atom. The zero-order valence-corrected chi connectivity index (χ0v) is 17.3. The molecular formula is C22H27N3O2S. The number of nitrogens with zero attached hydrogens (tertiary/aromatic N) is 2. The van der Waals surface area contributed by atoms with Gasteiger partial charge in [-0.25, -0.2) is 0 Å². The van der Waals surface area contributed by atoms with Crippen molar-refractivity contribution in [2.24, 2.45) is 17.8 Å². The van der Waals surface area contributed by atoms with Gasteiger partial charge in [-0.1, -0.05) is 23.9 Å². The van der Waals surface area contributed by atoms with Crippen LogP contribution < -0.4 is 5.32 Å². The smallest absolute Gasteiger partial charge is 0.277 e. The Labute approximate surface area is 170 Å². The topological polar surface area (TPSA) is 68.0 Å². The monoisotopic (exact) mass is 397 g/mol. The van der Waals surface area contributed by atoms with Gasteiger partial charge >= 0.3 is 0 Å². The van der Waals surface area contributed by atoms with Gasteiger partial charge in [0.2, 0.25) is 11.8 Å². The maximum absolute atomic E-state index is 12.4. The Kier molecular flexibility index (Phi) is 4.49. The van der Waals surface area contributed by atoms with E-state index in [1.54, 1.807) is 0 Å². The molecule has 4 bridgehead atoms. The lowest BCUT2D eigenvalue weighted by atomic mass is 9.49. The third kappa shape index (κ3) is 3.36. The van der Waals surface area contributed by atoms with Crippen LogP contribution in [0, 0.1) is 31.6 Å². The molecule has 0 atom stereocenters. The van der Waals surface area contributed by atoms with E-state index in [0.29, 0.717) is 5.22 Å². The Hall–Kier alpha value is -1.82. The highest BCUT2D eigenvalue weighted by atomic mass is 32.2. The van der Waals surface area contributed by atoms with E-state index in [2.05, 4.69) is 15.5 Å². The van der Waals surface area contributed by atoms with Crippen LogP contribution in [0.2, 0.25) is 0 Å². The second-order valence-corrected chi connectivity index (χ2v) is 10.2. The van der Waals surface area contributed by atoms with Crippen LogP contribution in [0.1, 0.15) is 55.5 Å². The summed E-state index contributed by atoms with van der Waals surface area (Å²) in [4.78, 5) is 12.4. The summed E-state index contributed by atoms with van der Waals surface area (Å²) in [6.07, 6.45) is 7.81. The van der Waals surface area contributed by atoms with Gasteiger partial charge in [0.05, 0.1) is 5.75 Å². The fourth-order valence-electron chi connectivity index (χ4n) is 6.04. The number of hydrogen-bond donors (Lipinski definition) is 1. The fraction of sp³-hybridized carbons (Fsp3) is 0.591. The lowest BCUT2D eigenvalue weighted by molar-refractivity contribution is -0.113. The SMILES string of the molecule is Cc1ccc(C)c(NC(=O)CSc2nnc(C34CC5CC(CC(C5)C3)C4)o2)c1. The standard InChI is InChI=1S/C22H27N3O2S/c1-13-3-4-14(2)18(5-13)23-19(26)12-28-21-25-24-20(27-21)22-9-15-6-16(10-22)8-17(7-15)11-22/h3-5,15-17H,6-12H2,1-2H3,(H,23,26). The predicted octanol–water partition coefficient (Wildman–Crippen LogP) is 4.89. The lowest BCUT2D eigenvalue weighted by Gasteiger charge is -2.55. The molecular weight excluding hydrogens is 370 g/mol. The second kappa shape index (κ2) is 6.90. The summed E-state index contributed by atoms with van der Waals surface area (Å²) in [6, 6.07) is 6.06. The highest BCUT2D eigenvalue weighted by Crippen LogP contribution is 2.60. The van der Waals surface area contributed by atoms with Crippen molar-refractivity contribution in [2.45, 2.75) is 63.0 Å². The Morgan fingerprint density at radius 3 is 2.50 bits per heavy atom. The number of aromatic nitrogens is 2. The van der Waals surface area contributed by atoms with Gasteiger partial charge in [0.15, 0.2) is 0 Å². The molecule has 0 radical (unpaired) electrons. The molecule has 148 valence electrons. The van der Waals surface area contributed by atoms with Crippen LogP contribution >= 0.6 is 11.8 Å². The van der Waals surface area contributed by atoms with Crippen molar-refractivity contribution in [3.8, 4) is 0 Å². The third-order valence-corrected chi connectivity index (χ3v) is 7.71. The van der Waals surface area contributed by atoms with Gasteiger partial charge in [-0.3, -0.25) is 4.79 Å². The van der Waals surface area contributed by atoms with Gasteiger partial charge in [0.25, 0.3) is 5.22 Å². The van der Waals surface area contributed by atoms with Crippen molar-refractivity contribution in [2.75, 3.05) is 11.1 Å². The number of anilines is 1. The van der Waals surface area contributed by atoms with Crippen molar-refractivity contribution in [1.29, 1.82) is 0 Å². The highest BCUT2D eigenvalue weighted by Gasteiger charge is 2.54. The van der Waals surface area contributed by atoms with Crippen LogP contribution in [-0.2, 0) is 10.2 Å². The first-order chi connectivity index (χ1) is 13.5. The average molecular weight is 398 g/mol. The molecule has 1 amide bonds. The van der Waals surface area contributed by atoms with Crippen LogP contribution in [0.5, 0.6) is 0 Å². The highest BCUT2D eigenvalue weighted by molar-refractivity contribution is 7.99. The van der Waals surface area contributed by atoms with Crippen LogP contribution in [0.3, 0.4) is 0 Å². The largest absolute Gasteiger partial charge is 0.415 e. The number of carbonyl (C=O) groups excluding carboxylic acids is 1. The van der Waals surface area contributed by atoms with Gasteiger partial charge in [-0.05, 0) is 87.3 Å². The quantitative estimate of drug-likeness (QED) is 0.728. The summed E-state index contributed by atoms with van der Waals surface area (Å²) in [5.41, 5.74) is 3.17. The van der Waals surface area contributed by atoms with Gasteiger partial charge in [-0.2, -0.15) is 0 Å². The minimum Gasteiger partial charge on any atom is -0.415 e. The summed E-state index contributed by atoms with van der Waals surface area (Å²) in [5, 5.41) is 12.2. The Bertz CT molecular complexity index is 872. The normalized spacial score (nSPS) is 30.6. The first-order valence-corrected chi connectivity index (χ1v) is 11.3. The molecule has 1 N–H and O–H groups in total. The Morgan fingerprint density at radius 2 is 1.82 bits per heavy atom. The zero-order chi connectivity index (χ0) is 19.3. The van der Waals surface area contributed by atoms with Crippen LogP contribution in [0.15, 0.2) is 27.8 Å². The van der Waals surface area contributed by atoms with E-state index in [1.807, 2.05) is 32.0 Å². The van der Waals surface area contributed by atoms with Crippen LogP contribution in [0.4, 0.5) is 5.69 Å². The molecule has 6 rings (SSSR count). The predicted molar refractivity (Wildman–Crippen MR) is 109 cm³/mol. The van der Waals surface area contributed by atoms with E-state index in [-0.39, 0.29) is 17.1 Å². The number of carbonyl (C=O) groups is 1. The van der Waals surface area contributed by atoms with Crippen molar-refractivity contribution in [3.63, 3.8) is 0 Å². The van der Waals surface area contributed by atoms with Gasteiger partial charge in [-0.15, -0.1) is 10.2 Å². The molecule has 4 fully saturated rings. The molecule has 4 aliphatic carbocycles. The zero-order valence-electron chi connectivity index (χ0n) is 16.5. The first-order valence-electron chi connectivity index (χ1n) is 10.3. The summed E-state index contributed by atoms with van der Waals surface area (Å²) < 4.78 is 6.07. The van der Waals surface area contributed by atoms with Crippen molar-refractivity contribution in [3.05, 3.63) is 35.2 Å². The van der Waals surface area contributed by atoms with E-state index in [1.165, 1.54) is 50.3 Å². The van der Waals surface area contributed by atoms with Gasteiger partial charge < -0.3 is 9.73 Å². The summed E-state index contributed by atoms with van der Waals surface area (Å²) in [5.74, 6) is 3.58. The fourth-order valence-corrected chi connectivity index (χ4v) is 6.60. The number of nitrogens with one attached hydrogen (secondary N) is 1. The van der Waals surface area contributed by atoms with E-state index < -0.39 is 0 Å². The molecule has 0 aliphatic heterocycles. The van der Waals surface area contributed by atoms with Gasteiger partial charge in [0.1, 0.15) is 0 Å². The van der Waals surface area contributed by atoms with Crippen molar-refractivity contribution < 1.29 is 9.21 Å². The summed E-state index contributed by atoms with van der Waals surface area (Å²) in [6.45, 7) is 4.02. The van der Waals surface area contributed by atoms with E-state index in [9.17, 15) is 4.79 Å². The average Bonchev–Trinajstić information content (AvgIpc) is 3.12. The number of rotatable bonds is 5. The third-order valence-electron chi connectivity index (χ3n) is 6.89. The lowest BCUT2D eigenvalue weighted by Crippen LogP contribution is -2.48. The summed E-state index contributed by atoms with van der Waals surface area (Å²) in [7, 11) is 0. The first kappa shape index (κ1) is 18.2. The second-order valence-electron chi connectivity index (χ2n) is 9.23. The van der Waals surface area contributed by atoms with Gasteiger partial charge in [0, 0.05) is 11.1 Å².